The Balaban J connectivity index is 1.85. The van der Waals surface area contributed by atoms with Crippen molar-refractivity contribution in [2.75, 3.05) is 0 Å². The number of Topliss-reactive ketones (excluding diaryl/α,β-unsaturated/α-hetero) is 1. The number of ketones is 1. The molecule has 0 bridgehead atoms. The van der Waals surface area contributed by atoms with E-state index in [4.69, 9.17) is 11.6 Å². The standard InChI is InChI=1S/C15H13ClN2OS/c16-11-5-9-3-4-14(19)10(9)6-13(11)18-7-12(8-1-2-8)17-15(18)20/h5-8H,1-4H2,(H,17,20). The number of hydrogen-bond acceptors (Lipinski definition) is 3. The Hall–Kier alpha value is -1.26. The Morgan fingerprint density at radius 3 is 2.85 bits per heavy atom. The van der Waals surface area contributed by atoms with Crippen LogP contribution in [0.4, 0.5) is 0 Å². The van der Waals surface area contributed by atoms with Crippen LogP contribution in [0.5, 0.6) is 0 Å². The Kier molecular flexibility index (Phi) is 2.72. The second-order valence-corrected chi connectivity index (χ2v) is 6.30. The SMILES string of the molecule is O=C1CCc2cc(Cl)c(-n3cc(C4CC4)nc3S)cc21. The average Bonchev–Trinajstić information content (AvgIpc) is 3.12. The van der Waals surface area contributed by atoms with E-state index in [1.54, 1.807) is 0 Å². The number of thiol groups is 1. The molecule has 0 aliphatic heterocycles. The van der Waals surface area contributed by atoms with Crippen molar-refractivity contribution in [1.82, 2.24) is 9.55 Å². The first-order valence-electron chi connectivity index (χ1n) is 6.77. The number of halogens is 1. The molecule has 20 heavy (non-hydrogen) atoms. The highest BCUT2D eigenvalue weighted by Gasteiger charge is 2.28. The largest absolute Gasteiger partial charge is 0.294 e. The first-order chi connectivity index (χ1) is 9.63. The minimum absolute atomic E-state index is 0.196. The van der Waals surface area contributed by atoms with Crippen LogP contribution in [0.2, 0.25) is 5.02 Å². The lowest BCUT2D eigenvalue weighted by atomic mass is 10.1. The van der Waals surface area contributed by atoms with Crippen LogP contribution >= 0.6 is 24.2 Å². The number of hydrogen-bond donors (Lipinski definition) is 1. The van der Waals surface area contributed by atoms with E-state index >= 15 is 0 Å². The molecule has 1 saturated carbocycles. The highest BCUT2D eigenvalue weighted by atomic mass is 35.5. The van der Waals surface area contributed by atoms with Gasteiger partial charge in [-0.2, -0.15) is 0 Å². The Bertz CT molecular complexity index is 734. The predicted octanol–water partition coefficient (Wildman–Crippen LogP) is 3.82. The molecule has 5 heteroatoms. The van der Waals surface area contributed by atoms with Crippen molar-refractivity contribution in [2.45, 2.75) is 36.8 Å². The molecule has 1 fully saturated rings. The van der Waals surface area contributed by atoms with Crippen molar-refractivity contribution in [3.63, 3.8) is 0 Å². The fraction of sp³-hybridized carbons (Fsp3) is 0.333. The first kappa shape index (κ1) is 12.5. The van der Waals surface area contributed by atoms with Gasteiger partial charge >= 0.3 is 0 Å². The Morgan fingerprint density at radius 2 is 2.10 bits per heavy atom. The van der Waals surface area contributed by atoms with E-state index in [9.17, 15) is 4.79 Å². The van der Waals surface area contributed by atoms with E-state index in [1.165, 1.54) is 12.8 Å². The molecule has 2 aliphatic rings. The third kappa shape index (κ3) is 1.90. The van der Waals surface area contributed by atoms with Gasteiger partial charge in [-0.05, 0) is 37.0 Å². The van der Waals surface area contributed by atoms with E-state index in [1.807, 2.05) is 22.9 Å². The summed E-state index contributed by atoms with van der Waals surface area (Å²) in [5, 5.41) is 1.27. The average molecular weight is 305 g/mol. The molecule has 2 aliphatic carbocycles. The number of fused-ring (bicyclic) bond motifs is 1. The molecule has 0 atom stereocenters. The zero-order valence-corrected chi connectivity index (χ0v) is 12.4. The van der Waals surface area contributed by atoms with Crippen molar-refractivity contribution < 1.29 is 4.79 Å². The summed E-state index contributed by atoms with van der Waals surface area (Å²) in [6, 6.07) is 3.78. The molecule has 0 unspecified atom stereocenters. The normalized spacial score (nSPS) is 17.6. The molecular formula is C15H13ClN2OS. The van der Waals surface area contributed by atoms with Gasteiger partial charge in [0.1, 0.15) is 0 Å². The fourth-order valence-corrected chi connectivity index (χ4v) is 3.34. The highest BCUT2D eigenvalue weighted by molar-refractivity contribution is 7.80. The van der Waals surface area contributed by atoms with E-state index < -0.39 is 0 Å². The van der Waals surface area contributed by atoms with Crippen LogP contribution in [0.1, 0.15) is 46.8 Å². The summed E-state index contributed by atoms with van der Waals surface area (Å²) in [7, 11) is 0. The van der Waals surface area contributed by atoms with E-state index in [-0.39, 0.29) is 5.78 Å². The molecule has 4 rings (SSSR count). The molecule has 102 valence electrons. The van der Waals surface area contributed by atoms with Gasteiger partial charge in [0.2, 0.25) is 0 Å². The predicted molar refractivity (Wildman–Crippen MR) is 80.5 cm³/mol. The molecule has 0 radical (unpaired) electrons. The second-order valence-electron chi connectivity index (χ2n) is 5.49. The lowest BCUT2D eigenvalue weighted by molar-refractivity contribution is 0.0994. The van der Waals surface area contributed by atoms with Crippen molar-refractivity contribution in [3.8, 4) is 5.69 Å². The van der Waals surface area contributed by atoms with Gasteiger partial charge in [0.15, 0.2) is 10.9 Å². The number of carbonyl (C=O) groups is 1. The van der Waals surface area contributed by atoms with E-state index in [0.717, 1.165) is 28.9 Å². The quantitative estimate of drug-likeness (QED) is 0.856. The lowest BCUT2D eigenvalue weighted by Crippen LogP contribution is -1.99. The van der Waals surface area contributed by atoms with Crippen molar-refractivity contribution in [3.05, 3.63) is 40.2 Å². The first-order valence-corrected chi connectivity index (χ1v) is 7.60. The van der Waals surface area contributed by atoms with Gasteiger partial charge in [-0.1, -0.05) is 11.6 Å². The van der Waals surface area contributed by atoms with Crippen LogP contribution in [-0.4, -0.2) is 15.3 Å². The van der Waals surface area contributed by atoms with Crippen molar-refractivity contribution in [1.29, 1.82) is 0 Å². The number of imidazole rings is 1. The zero-order chi connectivity index (χ0) is 13.9. The van der Waals surface area contributed by atoms with Crippen LogP contribution in [0.3, 0.4) is 0 Å². The third-order valence-corrected chi connectivity index (χ3v) is 4.67. The van der Waals surface area contributed by atoms with Crippen LogP contribution in [0, 0.1) is 0 Å². The fourth-order valence-electron chi connectivity index (χ4n) is 2.78. The summed E-state index contributed by atoms with van der Waals surface area (Å²) in [4.78, 5) is 16.4. The third-order valence-electron chi connectivity index (χ3n) is 4.06. The van der Waals surface area contributed by atoms with Crippen LogP contribution in [-0.2, 0) is 6.42 Å². The maximum absolute atomic E-state index is 11.9. The van der Waals surface area contributed by atoms with Gasteiger partial charge in [0.25, 0.3) is 0 Å². The van der Waals surface area contributed by atoms with Gasteiger partial charge in [-0.15, -0.1) is 12.6 Å². The molecule has 0 saturated heterocycles. The summed E-state index contributed by atoms with van der Waals surface area (Å²) in [5.74, 6) is 0.762. The van der Waals surface area contributed by atoms with Crippen LogP contribution in [0.15, 0.2) is 23.5 Å². The number of aromatic nitrogens is 2. The molecule has 2 aromatic rings. The van der Waals surface area contributed by atoms with Crippen molar-refractivity contribution >= 4 is 30.0 Å². The maximum atomic E-state index is 11.9. The highest BCUT2D eigenvalue weighted by Crippen LogP contribution is 2.40. The number of carbonyl (C=O) groups excluding carboxylic acids is 1. The maximum Gasteiger partial charge on any atom is 0.169 e. The minimum Gasteiger partial charge on any atom is -0.294 e. The summed E-state index contributed by atoms with van der Waals surface area (Å²) in [6.07, 6.45) is 5.76. The molecule has 1 heterocycles. The molecule has 1 aromatic heterocycles. The summed E-state index contributed by atoms with van der Waals surface area (Å²) in [5.41, 5.74) is 3.70. The molecule has 1 aromatic carbocycles. The number of nitrogens with zero attached hydrogens (tertiary/aromatic N) is 2. The monoisotopic (exact) mass is 304 g/mol. The summed E-state index contributed by atoms with van der Waals surface area (Å²) >= 11 is 10.8. The smallest absolute Gasteiger partial charge is 0.169 e. The Morgan fingerprint density at radius 1 is 1.30 bits per heavy atom. The number of benzene rings is 1. The minimum atomic E-state index is 0.196. The number of aryl methyl sites for hydroxylation is 1. The van der Waals surface area contributed by atoms with E-state index in [0.29, 0.717) is 22.5 Å². The molecule has 3 nitrogen and oxygen atoms in total. The Labute approximate surface area is 127 Å². The molecule has 0 amide bonds. The van der Waals surface area contributed by atoms with Gasteiger partial charge in [0, 0.05) is 24.1 Å². The van der Waals surface area contributed by atoms with Gasteiger partial charge < -0.3 is 0 Å². The van der Waals surface area contributed by atoms with Gasteiger partial charge in [-0.25, -0.2) is 4.98 Å². The lowest BCUT2D eigenvalue weighted by Gasteiger charge is -2.09. The van der Waals surface area contributed by atoms with Crippen LogP contribution < -0.4 is 0 Å². The number of rotatable bonds is 2. The summed E-state index contributed by atoms with van der Waals surface area (Å²) in [6.45, 7) is 0. The van der Waals surface area contributed by atoms with E-state index in [2.05, 4.69) is 17.6 Å². The second kappa shape index (κ2) is 4.37. The molecular weight excluding hydrogens is 292 g/mol. The van der Waals surface area contributed by atoms with Gasteiger partial charge in [0.05, 0.1) is 16.4 Å². The molecule has 0 spiro atoms. The summed E-state index contributed by atoms with van der Waals surface area (Å²) < 4.78 is 1.88. The topological polar surface area (TPSA) is 34.9 Å². The van der Waals surface area contributed by atoms with Gasteiger partial charge in [-0.3, -0.25) is 9.36 Å². The van der Waals surface area contributed by atoms with Crippen LogP contribution in [0.25, 0.3) is 5.69 Å². The van der Waals surface area contributed by atoms with Crippen molar-refractivity contribution in [2.24, 2.45) is 0 Å². The molecule has 0 N–H and O–H groups in total. The zero-order valence-electron chi connectivity index (χ0n) is 10.8.